The van der Waals surface area contributed by atoms with Gasteiger partial charge in [0, 0.05) is 32.9 Å². The van der Waals surface area contributed by atoms with E-state index in [0.29, 0.717) is 31.0 Å². The number of fused-ring (bicyclic) bond motifs is 1. The summed E-state index contributed by atoms with van der Waals surface area (Å²) in [6.07, 6.45) is 1.78. The molecule has 1 N–H and O–H groups in total. The van der Waals surface area contributed by atoms with Crippen LogP contribution in [-0.4, -0.2) is 54.9 Å². The minimum Gasteiger partial charge on any atom is -0.490 e. The maximum Gasteiger partial charge on any atom is 0.357 e. The molecule has 0 bridgehead atoms. The number of ether oxygens (including phenoxy) is 3. The Hall–Kier alpha value is -1.90. The van der Waals surface area contributed by atoms with E-state index < -0.39 is 14.0 Å². The molecule has 3 rings (SSSR count). The molecule has 1 saturated heterocycles. The van der Waals surface area contributed by atoms with Crippen molar-refractivity contribution in [2.24, 2.45) is 0 Å². The molecule has 2 heterocycles. The van der Waals surface area contributed by atoms with Crippen LogP contribution in [0.3, 0.4) is 0 Å². The van der Waals surface area contributed by atoms with Crippen molar-refractivity contribution in [2.75, 3.05) is 19.8 Å². The van der Waals surface area contributed by atoms with Gasteiger partial charge < -0.3 is 19.3 Å². The molecule has 0 spiro atoms. The fraction of sp³-hybridized carbons (Fsp3) is 0.579. The molecular formula is C19H28N2O5Si. The molecule has 0 aliphatic carbocycles. The molecule has 2 aromatic rings. The largest absolute Gasteiger partial charge is 0.490 e. The average Bonchev–Trinajstić information content (AvgIpc) is 2.97. The highest BCUT2D eigenvalue weighted by atomic mass is 28.3. The molecule has 8 heteroatoms. The Balaban J connectivity index is 1.76. The molecule has 7 nitrogen and oxygen atoms in total. The number of hydrogen-bond donors (Lipinski definition) is 1. The van der Waals surface area contributed by atoms with Gasteiger partial charge in [0.15, 0.2) is 5.69 Å². The number of rotatable bonds is 8. The van der Waals surface area contributed by atoms with Crippen molar-refractivity contribution in [3.05, 3.63) is 23.9 Å². The Morgan fingerprint density at radius 1 is 1.33 bits per heavy atom. The van der Waals surface area contributed by atoms with Crippen molar-refractivity contribution in [2.45, 2.75) is 51.4 Å². The topological polar surface area (TPSA) is 82.8 Å². The highest BCUT2D eigenvalue weighted by molar-refractivity contribution is 6.76. The lowest BCUT2D eigenvalue weighted by atomic mass is 10.1. The molecule has 1 aliphatic heterocycles. The monoisotopic (exact) mass is 392 g/mol. The van der Waals surface area contributed by atoms with E-state index in [1.807, 2.05) is 12.1 Å². The van der Waals surface area contributed by atoms with Gasteiger partial charge in [-0.15, -0.1) is 0 Å². The summed E-state index contributed by atoms with van der Waals surface area (Å²) in [4.78, 5) is 11.6. The fourth-order valence-electron chi connectivity index (χ4n) is 3.00. The number of carboxylic acid groups (broad SMARTS) is 1. The Kier molecular flexibility index (Phi) is 6.18. The molecule has 1 fully saturated rings. The highest BCUT2D eigenvalue weighted by Gasteiger charge is 2.20. The zero-order valence-electron chi connectivity index (χ0n) is 16.2. The van der Waals surface area contributed by atoms with Gasteiger partial charge in [-0.25, -0.2) is 9.48 Å². The number of nitrogens with zero attached hydrogens (tertiary/aromatic N) is 2. The first-order valence-electron chi connectivity index (χ1n) is 9.39. The van der Waals surface area contributed by atoms with Crippen molar-refractivity contribution in [3.8, 4) is 5.75 Å². The number of hydrogen-bond acceptors (Lipinski definition) is 5. The Labute approximate surface area is 160 Å². The number of carbonyl (C=O) groups is 1. The second kappa shape index (κ2) is 8.41. The first kappa shape index (κ1) is 19.8. The summed E-state index contributed by atoms with van der Waals surface area (Å²) in [5.74, 6) is -0.389. The summed E-state index contributed by atoms with van der Waals surface area (Å²) in [7, 11) is -1.17. The average molecular weight is 393 g/mol. The molecule has 27 heavy (non-hydrogen) atoms. The first-order valence-corrected chi connectivity index (χ1v) is 13.1. The van der Waals surface area contributed by atoms with Crippen LogP contribution >= 0.6 is 0 Å². The first-order chi connectivity index (χ1) is 12.8. The van der Waals surface area contributed by atoms with E-state index in [2.05, 4.69) is 24.7 Å². The lowest BCUT2D eigenvalue weighted by Gasteiger charge is -2.23. The Morgan fingerprint density at radius 2 is 2.07 bits per heavy atom. The lowest BCUT2D eigenvalue weighted by Crippen LogP contribution is -2.25. The standard InChI is InChI=1S/C19H28N2O5Si/c1-27(2,3)11-10-25-13-21-17-5-4-15(26-14-6-8-24-9-7-14)12-16(17)18(20-21)19(22)23/h4-5,12,14H,6-11,13H2,1-3H3,(H,22,23). The second-order valence-corrected chi connectivity index (χ2v) is 13.7. The van der Waals surface area contributed by atoms with Crippen LogP contribution in [0.4, 0.5) is 0 Å². The van der Waals surface area contributed by atoms with Gasteiger partial charge in [0.1, 0.15) is 18.6 Å². The van der Waals surface area contributed by atoms with E-state index in [9.17, 15) is 9.90 Å². The fourth-order valence-corrected chi connectivity index (χ4v) is 3.76. The van der Waals surface area contributed by atoms with Crippen LogP contribution in [0, 0.1) is 0 Å². The predicted octanol–water partition coefficient (Wildman–Crippen LogP) is 3.60. The van der Waals surface area contributed by atoms with Crippen molar-refractivity contribution in [1.29, 1.82) is 0 Å². The molecule has 0 amide bonds. The van der Waals surface area contributed by atoms with Gasteiger partial charge in [0.2, 0.25) is 0 Å². The number of benzene rings is 1. The van der Waals surface area contributed by atoms with E-state index in [1.165, 1.54) is 0 Å². The second-order valence-electron chi connectivity index (χ2n) is 8.11. The molecule has 0 radical (unpaired) electrons. The van der Waals surface area contributed by atoms with Crippen LogP contribution in [0.1, 0.15) is 23.3 Å². The SMILES string of the molecule is C[Si](C)(C)CCOCn1nc(C(=O)O)c2cc(OC3CCOCC3)ccc21. The van der Waals surface area contributed by atoms with Gasteiger partial charge in [-0.2, -0.15) is 5.10 Å². The van der Waals surface area contributed by atoms with Crippen LogP contribution in [0.25, 0.3) is 10.9 Å². The summed E-state index contributed by atoms with van der Waals surface area (Å²) >= 11 is 0. The van der Waals surface area contributed by atoms with Crippen LogP contribution in [0.15, 0.2) is 18.2 Å². The van der Waals surface area contributed by atoms with Gasteiger partial charge >= 0.3 is 5.97 Å². The van der Waals surface area contributed by atoms with Gasteiger partial charge in [-0.05, 0) is 24.2 Å². The van der Waals surface area contributed by atoms with Crippen LogP contribution in [-0.2, 0) is 16.2 Å². The predicted molar refractivity (Wildman–Crippen MR) is 105 cm³/mol. The van der Waals surface area contributed by atoms with Crippen LogP contribution in [0.2, 0.25) is 25.7 Å². The number of aromatic nitrogens is 2. The Morgan fingerprint density at radius 3 is 2.74 bits per heavy atom. The molecule has 148 valence electrons. The van der Waals surface area contributed by atoms with E-state index >= 15 is 0 Å². The van der Waals surface area contributed by atoms with Gasteiger partial charge in [0.05, 0.1) is 18.7 Å². The molecule has 1 aliphatic rings. The van der Waals surface area contributed by atoms with Gasteiger partial charge in [-0.3, -0.25) is 0 Å². The minimum atomic E-state index is -1.17. The van der Waals surface area contributed by atoms with Crippen molar-refractivity contribution in [1.82, 2.24) is 9.78 Å². The summed E-state index contributed by atoms with van der Waals surface area (Å²) in [5.41, 5.74) is 0.760. The molecule has 1 aromatic heterocycles. The summed E-state index contributed by atoms with van der Waals surface area (Å²) in [6, 6.07) is 6.54. The zero-order chi connectivity index (χ0) is 19.4. The van der Waals surface area contributed by atoms with Crippen molar-refractivity contribution >= 4 is 24.9 Å². The van der Waals surface area contributed by atoms with E-state index in [4.69, 9.17) is 14.2 Å². The quantitative estimate of drug-likeness (QED) is 0.546. The lowest BCUT2D eigenvalue weighted by molar-refractivity contribution is 0.0256. The third-order valence-corrected chi connectivity index (χ3v) is 6.31. The Bertz CT molecular complexity index is 793. The minimum absolute atomic E-state index is 0.0243. The third-order valence-electron chi connectivity index (χ3n) is 4.61. The van der Waals surface area contributed by atoms with Crippen molar-refractivity contribution in [3.63, 3.8) is 0 Å². The van der Waals surface area contributed by atoms with Crippen LogP contribution < -0.4 is 4.74 Å². The molecular weight excluding hydrogens is 364 g/mol. The number of carboxylic acids is 1. The third kappa shape index (κ3) is 5.30. The zero-order valence-corrected chi connectivity index (χ0v) is 17.2. The van der Waals surface area contributed by atoms with Crippen molar-refractivity contribution < 1.29 is 24.1 Å². The summed E-state index contributed by atoms with van der Waals surface area (Å²) in [6.45, 7) is 9.17. The van der Waals surface area contributed by atoms with E-state index in [-0.39, 0.29) is 18.5 Å². The maximum absolute atomic E-state index is 11.6. The van der Waals surface area contributed by atoms with Gasteiger partial charge in [0.25, 0.3) is 0 Å². The van der Waals surface area contributed by atoms with Crippen LogP contribution in [0.5, 0.6) is 5.75 Å². The smallest absolute Gasteiger partial charge is 0.357 e. The molecule has 0 atom stereocenters. The van der Waals surface area contributed by atoms with Gasteiger partial charge in [-0.1, -0.05) is 19.6 Å². The highest BCUT2D eigenvalue weighted by Crippen LogP contribution is 2.26. The maximum atomic E-state index is 11.6. The summed E-state index contributed by atoms with van der Waals surface area (Å²) < 4.78 is 18.7. The molecule has 0 saturated carbocycles. The summed E-state index contributed by atoms with van der Waals surface area (Å²) in [5, 5.41) is 14.3. The molecule has 0 unspecified atom stereocenters. The van der Waals surface area contributed by atoms with E-state index in [1.54, 1.807) is 10.7 Å². The number of aromatic carboxylic acids is 1. The normalized spacial score (nSPS) is 16.0. The van der Waals surface area contributed by atoms with E-state index in [0.717, 1.165) is 24.4 Å². The molecule has 1 aromatic carbocycles.